The van der Waals surface area contributed by atoms with E-state index < -0.39 is 0 Å². The molecule has 0 bridgehead atoms. The first-order chi connectivity index (χ1) is 10.6. The summed E-state index contributed by atoms with van der Waals surface area (Å²) < 4.78 is 5.45. The second-order valence-corrected chi connectivity index (χ2v) is 5.99. The van der Waals surface area contributed by atoms with Crippen LogP contribution in [0.25, 0.3) is 11.4 Å². The smallest absolute Gasteiger partial charge is 0.244 e. The van der Waals surface area contributed by atoms with E-state index in [2.05, 4.69) is 26.9 Å². The minimum absolute atomic E-state index is 0.0594. The van der Waals surface area contributed by atoms with Gasteiger partial charge in [-0.3, -0.25) is 9.88 Å². The van der Waals surface area contributed by atoms with E-state index >= 15 is 0 Å². The molecule has 0 aromatic carbocycles. The SMILES string of the molecule is CC(O)CC1CCCN1C(C)c1nc(-c2cccnc2)no1. The summed E-state index contributed by atoms with van der Waals surface area (Å²) >= 11 is 0. The molecule has 1 aliphatic heterocycles. The molecule has 1 aliphatic rings. The quantitative estimate of drug-likeness (QED) is 0.914. The Hall–Kier alpha value is -1.79. The molecule has 3 rings (SSSR count). The van der Waals surface area contributed by atoms with Crippen molar-refractivity contribution in [2.45, 2.75) is 51.3 Å². The fraction of sp³-hybridized carbons (Fsp3) is 0.562. The van der Waals surface area contributed by atoms with Crippen LogP contribution < -0.4 is 0 Å². The third-order valence-electron chi connectivity index (χ3n) is 4.25. The van der Waals surface area contributed by atoms with Gasteiger partial charge in [0.2, 0.25) is 11.7 Å². The number of hydrogen-bond donors (Lipinski definition) is 1. The van der Waals surface area contributed by atoms with Gasteiger partial charge in [-0.1, -0.05) is 5.16 Å². The fourth-order valence-corrected chi connectivity index (χ4v) is 3.17. The lowest BCUT2D eigenvalue weighted by atomic mass is 10.1. The summed E-state index contributed by atoms with van der Waals surface area (Å²) in [6, 6.07) is 4.21. The third-order valence-corrected chi connectivity index (χ3v) is 4.25. The molecule has 2 aromatic heterocycles. The molecule has 118 valence electrons. The maximum atomic E-state index is 9.65. The highest BCUT2D eigenvalue weighted by Crippen LogP contribution is 2.31. The Morgan fingerprint density at radius 1 is 1.45 bits per heavy atom. The highest BCUT2D eigenvalue weighted by atomic mass is 16.5. The average molecular weight is 302 g/mol. The first-order valence-corrected chi connectivity index (χ1v) is 7.83. The van der Waals surface area contributed by atoms with Gasteiger partial charge in [-0.15, -0.1) is 0 Å². The fourth-order valence-electron chi connectivity index (χ4n) is 3.17. The summed E-state index contributed by atoms with van der Waals surface area (Å²) in [5.41, 5.74) is 0.853. The van der Waals surface area contributed by atoms with Gasteiger partial charge in [0.05, 0.1) is 12.1 Å². The first kappa shape index (κ1) is 15.1. The van der Waals surface area contributed by atoms with E-state index in [4.69, 9.17) is 4.52 Å². The standard InChI is InChI=1S/C16H22N4O2/c1-11(21)9-14-6-4-8-20(14)12(2)16-18-15(19-22-16)13-5-3-7-17-10-13/h3,5,7,10-12,14,21H,4,6,8-9H2,1-2H3. The van der Waals surface area contributed by atoms with E-state index in [1.165, 1.54) is 0 Å². The summed E-state index contributed by atoms with van der Waals surface area (Å²) in [6.07, 6.45) is 6.20. The second-order valence-electron chi connectivity index (χ2n) is 5.99. The molecule has 1 N–H and O–H groups in total. The molecule has 0 aliphatic carbocycles. The van der Waals surface area contributed by atoms with Gasteiger partial charge in [-0.05, 0) is 51.8 Å². The molecule has 0 radical (unpaired) electrons. The Balaban J connectivity index is 1.75. The molecular formula is C16H22N4O2. The van der Waals surface area contributed by atoms with Crippen LogP contribution in [0.1, 0.15) is 45.0 Å². The van der Waals surface area contributed by atoms with Gasteiger partial charge in [-0.25, -0.2) is 0 Å². The van der Waals surface area contributed by atoms with Gasteiger partial charge in [-0.2, -0.15) is 4.98 Å². The predicted octanol–water partition coefficient (Wildman–Crippen LogP) is 2.43. The van der Waals surface area contributed by atoms with E-state index in [-0.39, 0.29) is 12.1 Å². The number of likely N-dealkylation sites (tertiary alicyclic amines) is 1. The van der Waals surface area contributed by atoms with Crippen molar-refractivity contribution < 1.29 is 9.63 Å². The Morgan fingerprint density at radius 3 is 3.05 bits per heavy atom. The minimum atomic E-state index is -0.286. The topological polar surface area (TPSA) is 75.3 Å². The molecule has 0 saturated carbocycles. The number of pyridine rings is 1. The lowest BCUT2D eigenvalue weighted by Gasteiger charge is -2.29. The van der Waals surface area contributed by atoms with Gasteiger partial charge in [0.1, 0.15) is 0 Å². The lowest BCUT2D eigenvalue weighted by molar-refractivity contribution is 0.102. The molecule has 3 unspecified atom stereocenters. The monoisotopic (exact) mass is 302 g/mol. The first-order valence-electron chi connectivity index (χ1n) is 7.83. The van der Waals surface area contributed by atoms with Gasteiger partial charge in [0.25, 0.3) is 0 Å². The summed E-state index contributed by atoms with van der Waals surface area (Å²) in [5.74, 6) is 1.19. The van der Waals surface area contributed by atoms with Crippen LogP contribution in [0, 0.1) is 0 Å². The van der Waals surface area contributed by atoms with Crippen molar-refractivity contribution >= 4 is 0 Å². The Morgan fingerprint density at radius 2 is 2.32 bits per heavy atom. The lowest BCUT2D eigenvalue weighted by Crippen LogP contribution is -2.34. The molecular weight excluding hydrogens is 280 g/mol. The molecule has 1 fully saturated rings. The van der Waals surface area contributed by atoms with E-state index in [1.54, 1.807) is 12.4 Å². The number of rotatable bonds is 5. The average Bonchev–Trinajstić information content (AvgIpc) is 3.16. The van der Waals surface area contributed by atoms with Crippen LogP contribution in [0.15, 0.2) is 29.0 Å². The van der Waals surface area contributed by atoms with Crippen LogP contribution in [0.5, 0.6) is 0 Å². The zero-order chi connectivity index (χ0) is 15.5. The van der Waals surface area contributed by atoms with Crippen molar-refractivity contribution in [1.82, 2.24) is 20.0 Å². The van der Waals surface area contributed by atoms with Crippen molar-refractivity contribution in [3.63, 3.8) is 0 Å². The number of aliphatic hydroxyl groups is 1. The van der Waals surface area contributed by atoms with Gasteiger partial charge in [0.15, 0.2) is 0 Å². The Kier molecular flexibility index (Phi) is 4.49. The van der Waals surface area contributed by atoms with Gasteiger partial charge >= 0.3 is 0 Å². The molecule has 1 saturated heterocycles. The van der Waals surface area contributed by atoms with Gasteiger partial charge in [0, 0.05) is 24.0 Å². The molecule has 6 heteroatoms. The number of aromatic nitrogens is 3. The van der Waals surface area contributed by atoms with Crippen molar-refractivity contribution in [3.8, 4) is 11.4 Å². The van der Waals surface area contributed by atoms with Crippen LogP contribution in [-0.2, 0) is 0 Å². The van der Waals surface area contributed by atoms with Crippen LogP contribution in [0.2, 0.25) is 0 Å². The Bertz CT molecular complexity index is 599. The van der Waals surface area contributed by atoms with Crippen LogP contribution >= 0.6 is 0 Å². The van der Waals surface area contributed by atoms with Crippen molar-refractivity contribution in [2.75, 3.05) is 6.54 Å². The summed E-state index contributed by atoms with van der Waals surface area (Å²) in [6.45, 7) is 4.93. The van der Waals surface area contributed by atoms with Crippen molar-refractivity contribution in [1.29, 1.82) is 0 Å². The molecule has 0 amide bonds. The third kappa shape index (κ3) is 3.18. The molecule has 0 spiro atoms. The normalized spacial score (nSPS) is 21.9. The highest BCUT2D eigenvalue weighted by molar-refractivity contribution is 5.51. The number of aliphatic hydroxyl groups excluding tert-OH is 1. The van der Waals surface area contributed by atoms with Crippen LogP contribution in [0.3, 0.4) is 0 Å². The largest absolute Gasteiger partial charge is 0.393 e. The predicted molar refractivity (Wildman–Crippen MR) is 82.0 cm³/mol. The number of nitrogens with zero attached hydrogens (tertiary/aromatic N) is 4. The maximum Gasteiger partial charge on any atom is 0.244 e. The zero-order valence-corrected chi connectivity index (χ0v) is 13.0. The second kappa shape index (κ2) is 6.54. The molecule has 3 atom stereocenters. The Labute approximate surface area is 130 Å². The highest BCUT2D eigenvalue weighted by Gasteiger charge is 2.32. The molecule has 3 heterocycles. The minimum Gasteiger partial charge on any atom is -0.393 e. The molecule has 2 aromatic rings. The molecule has 22 heavy (non-hydrogen) atoms. The van der Waals surface area contributed by atoms with E-state index in [0.29, 0.717) is 17.8 Å². The van der Waals surface area contributed by atoms with Gasteiger partial charge < -0.3 is 9.63 Å². The van der Waals surface area contributed by atoms with Crippen LogP contribution in [0.4, 0.5) is 0 Å². The summed E-state index contributed by atoms with van der Waals surface area (Å²) in [5, 5.41) is 13.7. The summed E-state index contributed by atoms with van der Waals surface area (Å²) in [4.78, 5) is 10.9. The maximum absolute atomic E-state index is 9.65. The van der Waals surface area contributed by atoms with E-state index in [0.717, 1.165) is 31.4 Å². The van der Waals surface area contributed by atoms with Crippen molar-refractivity contribution in [2.24, 2.45) is 0 Å². The van der Waals surface area contributed by atoms with Crippen LogP contribution in [-0.4, -0.2) is 43.8 Å². The van der Waals surface area contributed by atoms with Crippen molar-refractivity contribution in [3.05, 3.63) is 30.4 Å². The van der Waals surface area contributed by atoms with E-state index in [9.17, 15) is 5.11 Å². The zero-order valence-electron chi connectivity index (χ0n) is 13.0. The molecule has 6 nitrogen and oxygen atoms in total. The van der Waals surface area contributed by atoms with E-state index in [1.807, 2.05) is 19.1 Å². The summed E-state index contributed by atoms with van der Waals surface area (Å²) in [7, 11) is 0. The number of hydrogen-bond acceptors (Lipinski definition) is 6.